The van der Waals surface area contributed by atoms with Crippen molar-refractivity contribution in [3.05, 3.63) is 65.5 Å². The Hall–Kier alpha value is -1.54. The van der Waals surface area contributed by atoms with Crippen molar-refractivity contribution in [1.29, 1.82) is 0 Å². The maximum atomic E-state index is 13.9. The van der Waals surface area contributed by atoms with Crippen molar-refractivity contribution in [3.8, 4) is 5.75 Å². The first kappa shape index (κ1) is 15.8. The van der Waals surface area contributed by atoms with E-state index in [-0.39, 0.29) is 17.0 Å². The van der Waals surface area contributed by atoms with Gasteiger partial charge in [-0.15, -0.1) is 11.6 Å². The van der Waals surface area contributed by atoms with Crippen LogP contribution in [0, 0.1) is 5.82 Å². The standard InChI is InChI=1S/C18H20ClFO/c1-3-18(13-19,15-7-5-4-6-8-15)12-14-9-10-17(21-2)16(20)11-14/h4-11H,3,12-13H2,1-2H3. The second kappa shape index (κ2) is 6.95. The lowest BCUT2D eigenvalue weighted by atomic mass is 9.75. The van der Waals surface area contributed by atoms with Crippen molar-refractivity contribution < 1.29 is 9.13 Å². The molecule has 0 spiro atoms. The summed E-state index contributed by atoms with van der Waals surface area (Å²) in [5.74, 6) is 0.440. The molecule has 1 nitrogen and oxygen atoms in total. The van der Waals surface area contributed by atoms with Gasteiger partial charge in [0.05, 0.1) is 7.11 Å². The minimum absolute atomic E-state index is 0.177. The Kier molecular flexibility index (Phi) is 5.24. The smallest absolute Gasteiger partial charge is 0.165 e. The molecule has 2 aromatic carbocycles. The molecule has 2 aromatic rings. The van der Waals surface area contributed by atoms with Gasteiger partial charge in [0.25, 0.3) is 0 Å². The number of hydrogen-bond donors (Lipinski definition) is 0. The van der Waals surface area contributed by atoms with Crippen LogP contribution in [0.2, 0.25) is 0 Å². The van der Waals surface area contributed by atoms with Gasteiger partial charge in [-0.1, -0.05) is 43.3 Å². The van der Waals surface area contributed by atoms with Crippen molar-refractivity contribution in [2.75, 3.05) is 13.0 Å². The summed E-state index contributed by atoms with van der Waals surface area (Å²) in [5.41, 5.74) is 1.95. The maximum Gasteiger partial charge on any atom is 0.165 e. The van der Waals surface area contributed by atoms with Gasteiger partial charge in [0.2, 0.25) is 0 Å². The molecule has 3 heteroatoms. The van der Waals surface area contributed by atoms with Crippen molar-refractivity contribution in [2.45, 2.75) is 25.2 Å². The molecule has 0 aliphatic rings. The third kappa shape index (κ3) is 3.38. The number of rotatable bonds is 6. The summed E-state index contributed by atoms with van der Waals surface area (Å²) in [6, 6.07) is 15.3. The molecule has 0 aromatic heterocycles. The zero-order chi connectivity index (χ0) is 15.3. The van der Waals surface area contributed by atoms with Crippen LogP contribution in [0.25, 0.3) is 0 Å². The van der Waals surface area contributed by atoms with E-state index < -0.39 is 0 Å². The van der Waals surface area contributed by atoms with E-state index in [2.05, 4.69) is 19.1 Å². The van der Waals surface area contributed by atoms with Crippen LogP contribution in [0.1, 0.15) is 24.5 Å². The van der Waals surface area contributed by atoms with Crippen molar-refractivity contribution in [3.63, 3.8) is 0 Å². The van der Waals surface area contributed by atoms with Crippen LogP contribution in [-0.2, 0) is 11.8 Å². The Morgan fingerprint density at radius 1 is 1.14 bits per heavy atom. The highest BCUT2D eigenvalue weighted by Crippen LogP contribution is 2.34. The highest BCUT2D eigenvalue weighted by molar-refractivity contribution is 6.18. The van der Waals surface area contributed by atoms with Gasteiger partial charge in [-0.05, 0) is 36.1 Å². The first-order valence-corrected chi connectivity index (χ1v) is 7.62. The highest BCUT2D eigenvalue weighted by atomic mass is 35.5. The Morgan fingerprint density at radius 3 is 2.38 bits per heavy atom. The van der Waals surface area contributed by atoms with E-state index in [1.807, 2.05) is 24.3 Å². The third-order valence-corrected chi connectivity index (χ3v) is 4.59. The Morgan fingerprint density at radius 2 is 1.86 bits per heavy atom. The van der Waals surface area contributed by atoms with Crippen molar-refractivity contribution >= 4 is 11.6 Å². The summed E-state index contributed by atoms with van der Waals surface area (Å²) in [6.07, 6.45) is 1.60. The molecule has 0 saturated heterocycles. The van der Waals surface area contributed by atoms with Crippen molar-refractivity contribution in [1.82, 2.24) is 0 Å². The second-order valence-corrected chi connectivity index (χ2v) is 5.55. The first-order valence-electron chi connectivity index (χ1n) is 7.09. The van der Waals surface area contributed by atoms with Crippen LogP contribution in [0.15, 0.2) is 48.5 Å². The Bertz CT molecular complexity index is 579. The zero-order valence-corrected chi connectivity index (χ0v) is 13.2. The molecule has 21 heavy (non-hydrogen) atoms. The van der Waals surface area contributed by atoms with Gasteiger partial charge >= 0.3 is 0 Å². The number of benzene rings is 2. The van der Waals surface area contributed by atoms with E-state index in [1.165, 1.54) is 12.7 Å². The van der Waals surface area contributed by atoms with E-state index >= 15 is 0 Å². The van der Waals surface area contributed by atoms with Crippen LogP contribution in [-0.4, -0.2) is 13.0 Å². The van der Waals surface area contributed by atoms with E-state index in [0.717, 1.165) is 12.0 Å². The first-order chi connectivity index (χ1) is 10.1. The van der Waals surface area contributed by atoms with Crippen LogP contribution < -0.4 is 4.74 Å². The van der Waals surface area contributed by atoms with Crippen LogP contribution in [0.3, 0.4) is 0 Å². The normalized spacial score (nSPS) is 13.7. The fraction of sp³-hybridized carbons (Fsp3) is 0.333. The zero-order valence-electron chi connectivity index (χ0n) is 12.4. The molecule has 0 heterocycles. The predicted molar refractivity (Wildman–Crippen MR) is 85.8 cm³/mol. The Labute approximate surface area is 130 Å². The molecule has 0 bridgehead atoms. The molecule has 0 aliphatic carbocycles. The molecule has 0 amide bonds. The lowest BCUT2D eigenvalue weighted by Gasteiger charge is -2.31. The fourth-order valence-electron chi connectivity index (χ4n) is 2.65. The van der Waals surface area contributed by atoms with Gasteiger partial charge in [0, 0.05) is 11.3 Å². The SMILES string of the molecule is CCC(CCl)(Cc1ccc(OC)c(F)c1)c1ccccc1. The third-order valence-electron chi connectivity index (χ3n) is 4.08. The summed E-state index contributed by atoms with van der Waals surface area (Å²) in [4.78, 5) is 0. The molecular weight excluding hydrogens is 287 g/mol. The molecule has 0 radical (unpaired) electrons. The predicted octanol–water partition coefficient (Wildman–Crippen LogP) is 4.96. The van der Waals surface area contributed by atoms with Crippen LogP contribution in [0.5, 0.6) is 5.75 Å². The maximum absolute atomic E-state index is 13.9. The molecule has 0 saturated carbocycles. The number of alkyl halides is 1. The summed E-state index contributed by atoms with van der Waals surface area (Å²) >= 11 is 6.29. The molecule has 0 fully saturated rings. The minimum Gasteiger partial charge on any atom is -0.494 e. The molecular formula is C18H20ClFO. The number of halogens is 2. The second-order valence-electron chi connectivity index (χ2n) is 5.28. The monoisotopic (exact) mass is 306 g/mol. The van der Waals surface area contributed by atoms with E-state index in [9.17, 15) is 4.39 Å². The van der Waals surface area contributed by atoms with Gasteiger partial charge < -0.3 is 4.74 Å². The van der Waals surface area contributed by atoms with E-state index in [1.54, 1.807) is 12.1 Å². The summed E-state index contributed by atoms with van der Waals surface area (Å²) in [7, 11) is 1.47. The summed E-state index contributed by atoms with van der Waals surface area (Å²) < 4.78 is 18.8. The minimum atomic E-state index is -0.331. The summed E-state index contributed by atoms with van der Waals surface area (Å²) in [6.45, 7) is 2.12. The average Bonchev–Trinajstić information content (AvgIpc) is 2.54. The van der Waals surface area contributed by atoms with Gasteiger partial charge in [-0.25, -0.2) is 4.39 Å². The van der Waals surface area contributed by atoms with Gasteiger partial charge in [0.1, 0.15) is 0 Å². The quantitative estimate of drug-likeness (QED) is 0.685. The van der Waals surface area contributed by atoms with Gasteiger partial charge in [-0.3, -0.25) is 0 Å². The molecule has 1 unspecified atom stereocenters. The number of methoxy groups -OCH3 is 1. The highest BCUT2D eigenvalue weighted by Gasteiger charge is 2.30. The Balaban J connectivity index is 2.34. The number of hydrogen-bond acceptors (Lipinski definition) is 1. The van der Waals surface area contributed by atoms with E-state index in [0.29, 0.717) is 12.3 Å². The molecule has 2 rings (SSSR count). The average molecular weight is 307 g/mol. The van der Waals surface area contributed by atoms with Crippen LogP contribution >= 0.6 is 11.6 Å². The molecule has 0 N–H and O–H groups in total. The van der Waals surface area contributed by atoms with E-state index in [4.69, 9.17) is 16.3 Å². The molecule has 112 valence electrons. The molecule has 1 atom stereocenters. The van der Waals surface area contributed by atoms with Crippen LogP contribution in [0.4, 0.5) is 4.39 Å². The fourth-order valence-corrected chi connectivity index (χ4v) is 3.09. The number of ether oxygens (including phenoxy) is 1. The molecule has 0 aliphatic heterocycles. The largest absolute Gasteiger partial charge is 0.494 e. The van der Waals surface area contributed by atoms with Gasteiger partial charge in [0.15, 0.2) is 11.6 Å². The van der Waals surface area contributed by atoms with Crippen molar-refractivity contribution in [2.24, 2.45) is 0 Å². The lowest BCUT2D eigenvalue weighted by Crippen LogP contribution is -2.30. The lowest BCUT2D eigenvalue weighted by molar-refractivity contribution is 0.385. The van der Waals surface area contributed by atoms with Gasteiger partial charge in [-0.2, -0.15) is 0 Å². The summed E-state index contributed by atoms with van der Waals surface area (Å²) in [5, 5.41) is 0. The topological polar surface area (TPSA) is 9.23 Å².